The molecule has 0 fully saturated rings. The van der Waals surface area contributed by atoms with Crippen LogP contribution in [-0.2, 0) is 6.42 Å². The third-order valence-corrected chi connectivity index (χ3v) is 2.35. The van der Waals surface area contributed by atoms with E-state index in [0.29, 0.717) is 28.0 Å². The molecule has 0 spiro atoms. The Bertz CT molecular complexity index is 510. The number of aromatic nitrogens is 2. The van der Waals surface area contributed by atoms with Crippen LogP contribution in [0.4, 0.5) is 14.5 Å². The molecule has 0 unspecified atom stereocenters. The fourth-order valence-electron chi connectivity index (χ4n) is 1.65. The molecule has 2 rings (SSSR count). The number of nitrogens with two attached hydrogens (primary N) is 1. The van der Waals surface area contributed by atoms with E-state index in [-0.39, 0.29) is 6.42 Å². The first kappa shape index (κ1) is 10.7. The summed E-state index contributed by atoms with van der Waals surface area (Å²) in [6.07, 6.45) is -2.77. The first-order valence-electron chi connectivity index (χ1n) is 4.71. The Balaban J connectivity index is 2.57. The van der Waals surface area contributed by atoms with Crippen LogP contribution in [0.5, 0.6) is 5.75 Å². The number of nitrogen functional groups attached to an aromatic ring is 1. The van der Waals surface area contributed by atoms with Crippen LogP contribution in [0.3, 0.4) is 0 Å². The maximum atomic E-state index is 12.3. The number of rotatable bonds is 3. The summed E-state index contributed by atoms with van der Waals surface area (Å²) < 4.78 is 29.6. The molecule has 0 saturated carbocycles. The average molecular weight is 227 g/mol. The van der Waals surface area contributed by atoms with Crippen LogP contribution in [0.25, 0.3) is 10.9 Å². The molecule has 0 aliphatic heterocycles. The number of fused-ring (bicyclic) bond motifs is 1. The van der Waals surface area contributed by atoms with Gasteiger partial charge >= 0.3 is 0 Å². The Morgan fingerprint density at radius 3 is 2.88 bits per heavy atom. The van der Waals surface area contributed by atoms with Gasteiger partial charge in [-0.2, -0.15) is 5.10 Å². The van der Waals surface area contributed by atoms with Crippen LogP contribution in [0.1, 0.15) is 5.69 Å². The largest absolute Gasteiger partial charge is 0.492 e. The summed E-state index contributed by atoms with van der Waals surface area (Å²) in [5, 5.41) is 7.14. The van der Waals surface area contributed by atoms with Crippen LogP contribution in [0.2, 0.25) is 0 Å². The number of anilines is 1. The molecule has 0 saturated heterocycles. The number of nitrogens with one attached hydrogen (secondary N) is 1. The van der Waals surface area contributed by atoms with Crippen molar-refractivity contribution in [3.63, 3.8) is 0 Å². The van der Waals surface area contributed by atoms with Crippen LogP contribution < -0.4 is 10.5 Å². The maximum Gasteiger partial charge on any atom is 0.244 e. The standard InChI is InChI=1S/C10H11F2N3O/c1-16-10-6(13)3-2-5-7(4-8(11)12)14-15-9(5)10/h2-3,8H,4,13H2,1H3,(H,14,15). The molecule has 0 bridgehead atoms. The highest BCUT2D eigenvalue weighted by Crippen LogP contribution is 2.31. The summed E-state index contributed by atoms with van der Waals surface area (Å²) in [6, 6.07) is 3.28. The van der Waals surface area contributed by atoms with Crippen molar-refractivity contribution in [2.75, 3.05) is 12.8 Å². The number of alkyl halides is 2. The highest BCUT2D eigenvalue weighted by Gasteiger charge is 2.15. The second-order valence-electron chi connectivity index (χ2n) is 3.38. The van der Waals surface area contributed by atoms with Gasteiger partial charge in [-0.25, -0.2) is 8.78 Å². The Hall–Kier alpha value is -1.85. The molecule has 86 valence electrons. The van der Waals surface area contributed by atoms with E-state index in [2.05, 4.69) is 10.2 Å². The van der Waals surface area contributed by atoms with Gasteiger partial charge in [-0.3, -0.25) is 5.10 Å². The molecule has 1 heterocycles. The molecule has 3 N–H and O–H groups in total. The Labute approximate surface area is 90.4 Å². The monoisotopic (exact) mass is 227 g/mol. The van der Waals surface area contributed by atoms with Gasteiger partial charge in [-0.1, -0.05) is 0 Å². The van der Waals surface area contributed by atoms with Gasteiger partial charge < -0.3 is 10.5 Å². The van der Waals surface area contributed by atoms with Gasteiger partial charge in [0.2, 0.25) is 6.43 Å². The Morgan fingerprint density at radius 2 is 2.25 bits per heavy atom. The smallest absolute Gasteiger partial charge is 0.244 e. The lowest BCUT2D eigenvalue weighted by atomic mass is 10.1. The molecule has 1 aromatic carbocycles. The molecule has 0 radical (unpaired) electrons. The van der Waals surface area contributed by atoms with Crippen LogP contribution >= 0.6 is 0 Å². The number of hydrogen-bond acceptors (Lipinski definition) is 3. The van der Waals surface area contributed by atoms with E-state index in [0.717, 1.165) is 0 Å². The number of aromatic amines is 1. The Morgan fingerprint density at radius 1 is 1.50 bits per heavy atom. The van der Waals surface area contributed by atoms with Gasteiger partial charge in [0.1, 0.15) is 5.52 Å². The third-order valence-electron chi connectivity index (χ3n) is 2.35. The molecule has 4 nitrogen and oxygen atoms in total. The number of methoxy groups -OCH3 is 1. The molecular weight excluding hydrogens is 216 g/mol. The summed E-state index contributed by atoms with van der Waals surface area (Å²) in [5.74, 6) is 0.411. The maximum absolute atomic E-state index is 12.3. The minimum absolute atomic E-state index is 0.358. The molecule has 0 atom stereocenters. The predicted molar refractivity (Wildman–Crippen MR) is 56.8 cm³/mol. The number of benzene rings is 1. The number of halogens is 2. The summed E-state index contributed by atoms with van der Waals surface area (Å²) in [7, 11) is 1.46. The zero-order chi connectivity index (χ0) is 11.7. The minimum atomic E-state index is -2.41. The van der Waals surface area contributed by atoms with E-state index in [1.807, 2.05) is 0 Å². The molecule has 0 aliphatic carbocycles. The zero-order valence-electron chi connectivity index (χ0n) is 8.63. The second-order valence-corrected chi connectivity index (χ2v) is 3.38. The van der Waals surface area contributed by atoms with E-state index < -0.39 is 6.43 Å². The van der Waals surface area contributed by atoms with Gasteiger partial charge in [0.05, 0.1) is 19.2 Å². The summed E-state index contributed by atoms with van der Waals surface area (Å²) in [4.78, 5) is 0. The van der Waals surface area contributed by atoms with E-state index in [4.69, 9.17) is 10.5 Å². The first-order chi connectivity index (χ1) is 7.63. The molecule has 6 heteroatoms. The van der Waals surface area contributed by atoms with Crippen LogP contribution in [0.15, 0.2) is 12.1 Å². The molecule has 0 aliphatic rings. The SMILES string of the molecule is COc1c(N)ccc2c(CC(F)F)[nH]nc12. The molecule has 16 heavy (non-hydrogen) atoms. The summed E-state index contributed by atoms with van der Waals surface area (Å²) in [6.45, 7) is 0. The van der Waals surface area contributed by atoms with Crippen molar-refractivity contribution in [1.82, 2.24) is 10.2 Å². The molecule has 0 amide bonds. The number of nitrogens with zero attached hydrogens (tertiary/aromatic N) is 1. The Kier molecular flexibility index (Phi) is 2.64. The van der Waals surface area contributed by atoms with Crippen molar-refractivity contribution in [3.8, 4) is 5.75 Å². The number of ether oxygens (including phenoxy) is 1. The van der Waals surface area contributed by atoms with Crippen molar-refractivity contribution >= 4 is 16.6 Å². The van der Waals surface area contributed by atoms with Gasteiger partial charge in [-0.15, -0.1) is 0 Å². The van der Waals surface area contributed by atoms with Crippen molar-refractivity contribution in [1.29, 1.82) is 0 Å². The molecular formula is C10H11F2N3O. The fourth-order valence-corrected chi connectivity index (χ4v) is 1.65. The van der Waals surface area contributed by atoms with Crippen molar-refractivity contribution in [2.45, 2.75) is 12.8 Å². The van der Waals surface area contributed by atoms with E-state index in [1.165, 1.54) is 7.11 Å². The molecule has 1 aromatic heterocycles. The molecule has 2 aromatic rings. The third kappa shape index (κ3) is 1.66. The quantitative estimate of drug-likeness (QED) is 0.788. The zero-order valence-corrected chi connectivity index (χ0v) is 8.63. The normalized spacial score (nSPS) is 11.2. The van der Waals surface area contributed by atoms with Crippen molar-refractivity contribution < 1.29 is 13.5 Å². The highest BCUT2D eigenvalue weighted by molar-refractivity contribution is 5.91. The van der Waals surface area contributed by atoms with Crippen molar-refractivity contribution in [3.05, 3.63) is 17.8 Å². The topological polar surface area (TPSA) is 63.9 Å². The first-order valence-corrected chi connectivity index (χ1v) is 4.71. The fraction of sp³-hybridized carbons (Fsp3) is 0.300. The lowest BCUT2D eigenvalue weighted by Crippen LogP contribution is -1.97. The van der Waals surface area contributed by atoms with Gasteiger partial charge in [0.15, 0.2) is 5.75 Å². The van der Waals surface area contributed by atoms with Crippen LogP contribution in [0, 0.1) is 0 Å². The lowest BCUT2D eigenvalue weighted by molar-refractivity contribution is 0.148. The van der Waals surface area contributed by atoms with Crippen LogP contribution in [-0.4, -0.2) is 23.7 Å². The lowest BCUT2D eigenvalue weighted by Gasteiger charge is -2.04. The highest BCUT2D eigenvalue weighted by atomic mass is 19.3. The van der Waals surface area contributed by atoms with Crippen molar-refractivity contribution in [2.24, 2.45) is 0 Å². The summed E-state index contributed by atoms with van der Waals surface area (Å²) in [5.41, 5.74) is 6.99. The predicted octanol–water partition coefficient (Wildman–Crippen LogP) is 1.96. The minimum Gasteiger partial charge on any atom is -0.492 e. The number of H-pyrrole nitrogens is 1. The van der Waals surface area contributed by atoms with E-state index in [1.54, 1.807) is 12.1 Å². The second kappa shape index (κ2) is 3.96. The van der Waals surface area contributed by atoms with E-state index in [9.17, 15) is 8.78 Å². The van der Waals surface area contributed by atoms with Gasteiger partial charge in [0, 0.05) is 11.1 Å². The summed E-state index contributed by atoms with van der Waals surface area (Å²) >= 11 is 0. The van der Waals surface area contributed by atoms with Gasteiger partial charge in [0.25, 0.3) is 0 Å². The average Bonchev–Trinajstić information content (AvgIpc) is 2.60. The van der Waals surface area contributed by atoms with Gasteiger partial charge in [-0.05, 0) is 12.1 Å². The number of hydrogen-bond donors (Lipinski definition) is 2. The van der Waals surface area contributed by atoms with E-state index >= 15 is 0 Å².